The number of hydrogen-bond donors (Lipinski definition) is 0. The summed E-state index contributed by atoms with van der Waals surface area (Å²) in [5.74, 6) is 1.03. The van der Waals surface area contributed by atoms with Crippen molar-refractivity contribution in [1.29, 1.82) is 0 Å². The SMILES string of the molecule is CN1C[C@H]2C[C@@H](N(C)C(=O)c3cnc4c(c3)ncn4Cc3cccnc3)C[C@H]2CC1=O. The van der Waals surface area contributed by atoms with E-state index in [0.717, 1.165) is 30.6 Å². The molecule has 2 aliphatic rings. The van der Waals surface area contributed by atoms with E-state index in [1.165, 1.54) is 0 Å². The second-order valence-corrected chi connectivity index (χ2v) is 8.84. The van der Waals surface area contributed by atoms with Crippen molar-refractivity contribution in [2.24, 2.45) is 11.8 Å². The molecule has 1 aliphatic heterocycles. The molecule has 31 heavy (non-hydrogen) atoms. The number of amides is 2. The Morgan fingerprint density at radius 1 is 1.23 bits per heavy atom. The monoisotopic (exact) mass is 418 g/mol. The lowest BCUT2D eigenvalue weighted by Gasteiger charge is -2.31. The van der Waals surface area contributed by atoms with Gasteiger partial charge in [-0.15, -0.1) is 0 Å². The van der Waals surface area contributed by atoms with Crippen molar-refractivity contribution in [1.82, 2.24) is 29.3 Å². The molecular weight excluding hydrogens is 392 g/mol. The quantitative estimate of drug-likeness (QED) is 0.649. The van der Waals surface area contributed by atoms with Gasteiger partial charge in [-0.25, -0.2) is 9.97 Å². The molecule has 3 aromatic rings. The van der Waals surface area contributed by atoms with Gasteiger partial charge in [0.05, 0.1) is 18.4 Å². The highest BCUT2D eigenvalue weighted by atomic mass is 16.2. The van der Waals surface area contributed by atoms with E-state index in [2.05, 4.69) is 15.0 Å². The van der Waals surface area contributed by atoms with Crippen molar-refractivity contribution < 1.29 is 9.59 Å². The molecule has 3 atom stereocenters. The van der Waals surface area contributed by atoms with Gasteiger partial charge in [-0.3, -0.25) is 14.6 Å². The van der Waals surface area contributed by atoms with E-state index in [9.17, 15) is 9.59 Å². The van der Waals surface area contributed by atoms with Gasteiger partial charge in [0.1, 0.15) is 5.52 Å². The molecule has 2 fully saturated rings. The first-order valence-corrected chi connectivity index (χ1v) is 10.7. The third-order valence-electron chi connectivity index (χ3n) is 6.83. The van der Waals surface area contributed by atoms with Gasteiger partial charge in [-0.1, -0.05) is 6.07 Å². The number of piperidine rings is 1. The van der Waals surface area contributed by atoms with Crippen molar-refractivity contribution in [3.05, 3.63) is 54.2 Å². The number of rotatable bonds is 4. The van der Waals surface area contributed by atoms with Crippen LogP contribution >= 0.6 is 0 Å². The Morgan fingerprint density at radius 3 is 2.87 bits per heavy atom. The summed E-state index contributed by atoms with van der Waals surface area (Å²) in [6.45, 7) is 1.42. The number of carbonyl (C=O) groups is 2. The Hall–Kier alpha value is -3.29. The molecular formula is C23H26N6O2. The van der Waals surface area contributed by atoms with Crippen molar-refractivity contribution in [3.63, 3.8) is 0 Å². The second-order valence-electron chi connectivity index (χ2n) is 8.84. The molecule has 3 aromatic heterocycles. The number of carbonyl (C=O) groups excluding carboxylic acids is 2. The lowest BCUT2D eigenvalue weighted by molar-refractivity contribution is -0.134. The first-order valence-electron chi connectivity index (χ1n) is 10.7. The van der Waals surface area contributed by atoms with Gasteiger partial charge in [0.15, 0.2) is 5.65 Å². The zero-order valence-electron chi connectivity index (χ0n) is 17.8. The molecule has 0 spiro atoms. The van der Waals surface area contributed by atoms with Crippen LogP contribution in [0.25, 0.3) is 11.2 Å². The van der Waals surface area contributed by atoms with Crippen molar-refractivity contribution in [2.45, 2.75) is 31.8 Å². The molecule has 0 aromatic carbocycles. The third kappa shape index (κ3) is 3.66. The summed E-state index contributed by atoms with van der Waals surface area (Å²) in [5, 5.41) is 0. The van der Waals surface area contributed by atoms with Gasteiger partial charge in [-0.05, 0) is 42.4 Å². The molecule has 4 heterocycles. The van der Waals surface area contributed by atoms with Crippen LogP contribution in [0.2, 0.25) is 0 Å². The average Bonchev–Trinajstić information content (AvgIpc) is 3.37. The van der Waals surface area contributed by atoms with Gasteiger partial charge >= 0.3 is 0 Å². The summed E-state index contributed by atoms with van der Waals surface area (Å²) in [6.07, 6.45) is 9.39. The Labute approximate surface area is 180 Å². The first-order chi connectivity index (χ1) is 15.0. The summed E-state index contributed by atoms with van der Waals surface area (Å²) in [5.41, 5.74) is 3.06. The summed E-state index contributed by atoms with van der Waals surface area (Å²) in [6, 6.07) is 5.89. The van der Waals surface area contributed by atoms with Crippen LogP contribution in [0.1, 0.15) is 35.2 Å². The van der Waals surface area contributed by atoms with Crippen LogP contribution in [-0.2, 0) is 11.3 Å². The van der Waals surface area contributed by atoms with Crippen LogP contribution in [0.15, 0.2) is 43.1 Å². The summed E-state index contributed by atoms with van der Waals surface area (Å²) in [4.78, 5) is 42.0. The zero-order valence-corrected chi connectivity index (χ0v) is 17.8. The molecule has 0 bridgehead atoms. The van der Waals surface area contributed by atoms with Crippen molar-refractivity contribution >= 4 is 23.0 Å². The maximum absolute atomic E-state index is 13.2. The van der Waals surface area contributed by atoms with Crippen LogP contribution in [0, 0.1) is 11.8 Å². The normalized spacial score (nSPS) is 23.2. The molecule has 8 nitrogen and oxygen atoms in total. The van der Waals surface area contributed by atoms with Crippen LogP contribution < -0.4 is 0 Å². The van der Waals surface area contributed by atoms with Gasteiger partial charge in [0.25, 0.3) is 5.91 Å². The molecule has 8 heteroatoms. The van der Waals surface area contributed by atoms with E-state index in [4.69, 9.17) is 0 Å². The standard InChI is InChI=1S/C23H26N6O2/c1-27-13-18-7-19(6-16(18)9-21(27)30)28(2)23(31)17-8-20-22(25-11-17)29(14-26-20)12-15-4-3-5-24-10-15/h3-5,8,10-11,14,16,18-19H,6-7,9,12-13H2,1-2H3/t16-,18+,19-/m0/s1. The van der Waals surface area contributed by atoms with E-state index < -0.39 is 0 Å². The van der Waals surface area contributed by atoms with Gasteiger partial charge in [0.2, 0.25) is 5.91 Å². The Morgan fingerprint density at radius 2 is 2.06 bits per heavy atom. The van der Waals surface area contributed by atoms with E-state index in [-0.39, 0.29) is 17.9 Å². The highest BCUT2D eigenvalue weighted by Gasteiger charge is 2.42. The van der Waals surface area contributed by atoms with Crippen molar-refractivity contribution in [2.75, 3.05) is 20.6 Å². The number of nitrogens with zero attached hydrogens (tertiary/aromatic N) is 6. The predicted octanol–water partition coefficient (Wildman–Crippen LogP) is 2.20. The second kappa shape index (κ2) is 7.76. The number of pyridine rings is 2. The predicted molar refractivity (Wildman–Crippen MR) is 115 cm³/mol. The smallest absolute Gasteiger partial charge is 0.255 e. The molecule has 1 aliphatic carbocycles. The number of likely N-dealkylation sites (tertiary alicyclic amines) is 1. The van der Waals surface area contributed by atoms with E-state index in [1.54, 1.807) is 18.7 Å². The average molecular weight is 419 g/mol. The zero-order chi connectivity index (χ0) is 21.5. The molecule has 5 rings (SSSR count). The van der Waals surface area contributed by atoms with Crippen LogP contribution in [-0.4, -0.2) is 67.8 Å². The van der Waals surface area contributed by atoms with Gasteiger partial charge in [0, 0.05) is 51.7 Å². The largest absolute Gasteiger partial charge is 0.345 e. The minimum absolute atomic E-state index is 0.0421. The highest BCUT2D eigenvalue weighted by Crippen LogP contribution is 2.40. The Bertz CT molecular complexity index is 1130. The molecule has 2 amide bonds. The third-order valence-corrected chi connectivity index (χ3v) is 6.83. The Kier molecular flexibility index (Phi) is 4.92. The number of fused-ring (bicyclic) bond motifs is 2. The number of imidazole rings is 1. The number of hydrogen-bond acceptors (Lipinski definition) is 5. The fourth-order valence-electron chi connectivity index (χ4n) is 5.04. The number of aromatic nitrogens is 4. The molecule has 1 saturated heterocycles. The van der Waals surface area contributed by atoms with E-state index >= 15 is 0 Å². The van der Waals surface area contributed by atoms with Gasteiger partial charge < -0.3 is 14.4 Å². The lowest BCUT2D eigenvalue weighted by atomic mass is 9.88. The minimum Gasteiger partial charge on any atom is -0.345 e. The summed E-state index contributed by atoms with van der Waals surface area (Å²) >= 11 is 0. The molecule has 160 valence electrons. The van der Waals surface area contributed by atoms with Crippen LogP contribution in [0.4, 0.5) is 0 Å². The van der Waals surface area contributed by atoms with E-state index in [0.29, 0.717) is 35.9 Å². The van der Waals surface area contributed by atoms with Gasteiger partial charge in [-0.2, -0.15) is 0 Å². The highest BCUT2D eigenvalue weighted by molar-refractivity contribution is 5.96. The van der Waals surface area contributed by atoms with Crippen molar-refractivity contribution in [3.8, 4) is 0 Å². The maximum Gasteiger partial charge on any atom is 0.255 e. The summed E-state index contributed by atoms with van der Waals surface area (Å²) < 4.78 is 1.96. The van der Waals surface area contributed by atoms with Crippen LogP contribution in [0.5, 0.6) is 0 Å². The maximum atomic E-state index is 13.2. The first kappa shape index (κ1) is 19.7. The molecule has 0 N–H and O–H groups in total. The molecule has 0 unspecified atom stereocenters. The Balaban J connectivity index is 1.31. The fourth-order valence-corrected chi connectivity index (χ4v) is 5.04. The topological polar surface area (TPSA) is 84.2 Å². The summed E-state index contributed by atoms with van der Waals surface area (Å²) in [7, 11) is 3.73. The van der Waals surface area contributed by atoms with E-state index in [1.807, 2.05) is 52.9 Å². The van der Waals surface area contributed by atoms with Crippen LogP contribution in [0.3, 0.4) is 0 Å². The molecule has 1 saturated carbocycles. The minimum atomic E-state index is -0.0421. The fraction of sp³-hybridized carbons (Fsp3) is 0.435. The lowest BCUT2D eigenvalue weighted by Crippen LogP contribution is -2.39. The molecule has 0 radical (unpaired) electrons.